The van der Waals surface area contributed by atoms with Crippen LogP contribution >= 0.6 is 0 Å². The van der Waals surface area contributed by atoms with Gasteiger partial charge in [0.15, 0.2) is 0 Å². The van der Waals surface area contributed by atoms with Crippen LogP contribution in [0.3, 0.4) is 0 Å². The van der Waals surface area contributed by atoms with E-state index in [4.69, 9.17) is 9.57 Å². The maximum absolute atomic E-state index is 13.2. The van der Waals surface area contributed by atoms with Crippen molar-refractivity contribution in [3.8, 4) is 0 Å². The average molecular weight is 514 g/mol. The second kappa shape index (κ2) is 9.51. The summed E-state index contributed by atoms with van der Waals surface area (Å²) in [6, 6.07) is 8.45. The molecule has 1 spiro atoms. The number of nitrogens with one attached hydrogen (secondary N) is 3. The minimum absolute atomic E-state index is 0.0771. The molecule has 11 heteroatoms. The number of hydrazine groups is 1. The fourth-order valence-corrected chi connectivity index (χ4v) is 5.46. The van der Waals surface area contributed by atoms with Crippen molar-refractivity contribution < 1.29 is 28.8 Å². The Hall–Kier alpha value is -3.34. The first-order valence-electron chi connectivity index (χ1n) is 12.9. The third kappa shape index (κ3) is 5.36. The molecule has 1 aromatic carbocycles. The Labute approximate surface area is 216 Å². The molecule has 3 N–H and O–H groups in total. The molecule has 2 aliphatic heterocycles. The first kappa shape index (κ1) is 25.3. The van der Waals surface area contributed by atoms with Crippen molar-refractivity contribution in [1.82, 2.24) is 26.1 Å². The molecule has 5 amide bonds. The number of carbonyl (C=O) groups excluding carboxylic acids is 4. The molecule has 1 unspecified atom stereocenters. The molecule has 4 fully saturated rings. The van der Waals surface area contributed by atoms with Gasteiger partial charge in [-0.25, -0.2) is 9.59 Å². The normalized spacial score (nSPS) is 27.4. The molecule has 11 nitrogen and oxygen atoms in total. The van der Waals surface area contributed by atoms with Crippen molar-refractivity contribution in [3.63, 3.8) is 0 Å². The van der Waals surface area contributed by atoms with Crippen LogP contribution in [0.1, 0.15) is 58.4 Å². The highest BCUT2D eigenvalue weighted by atomic mass is 16.7. The Kier molecular flexibility index (Phi) is 6.51. The second-order valence-electron chi connectivity index (χ2n) is 11.6. The maximum atomic E-state index is 13.2. The molecular weight excluding hydrogens is 478 g/mol. The van der Waals surface area contributed by atoms with Crippen molar-refractivity contribution in [1.29, 1.82) is 0 Å². The fraction of sp³-hybridized carbons (Fsp3) is 0.615. The first-order chi connectivity index (χ1) is 17.5. The van der Waals surface area contributed by atoms with Crippen LogP contribution in [0.5, 0.6) is 0 Å². The van der Waals surface area contributed by atoms with Crippen molar-refractivity contribution >= 4 is 23.9 Å². The van der Waals surface area contributed by atoms with E-state index < -0.39 is 23.6 Å². The van der Waals surface area contributed by atoms with Crippen LogP contribution in [0.25, 0.3) is 0 Å². The van der Waals surface area contributed by atoms with Crippen LogP contribution in [0.4, 0.5) is 9.59 Å². The molecule has 2 bridgehead atoms. The molecule has 0 radical (unpaired) electrons. The lowest BCUT2D eigenvalue weighted by Gasteiger charge is -2.36. The zero-order chi connectivity index (χ0) is 26.4. The maximum Gasteiger partial charge on any atom is 0.407 e. The third-order valence-corrected chi connectivity index (χ3v) is 7.72. The van der Waals surface area contributed by atoms with E-state index in [1.165, 1.54) is 5.06 Å². The quantitative estimate of drug-likeness (QED) is 0.501. The molecule has 1 aromatic rings. The molecule has 4 aliphatic rings. The van der Waals surface area contributed by atoms with Gasteiger partial charge in [0, 0.05) is 18.5 Å². The Bertz CT molecular complexity index is 1060. The number of ether oxygens (including phenoxy) is 1. The van der Waals surface area contributed by atoms with Crippen molar-refractivity contribution in [2.75, 3.05) is 6.54 Å². The SMILES string of the molecule is CC(C)(C)OC(=O)NC1CC(C(=O)NNC(=O)C2CC3(CC3)[C@H]3CN2C(=O)N3OCc2ccccc2)C1. The van der Waals surface area contributed by atoms with Crippen LogP contribution in [0, 0.1) is 11.3 Å². The number of fused-ring (bicyclic) bond motifs is 3. The Morgan fingerprint density at radius 1 is 1.05 bits per heavy atom. The van der Waals surface area contributed by atoms with E-state index in [1.807, 2.05) is 30.3 Å². The predicted molar refractivity (Wildman–Crippen MR) is 131 cm³/mol. The van der Waals surface area contributed by atoms with Gasteiger partial charge in [0.05, 0.1) is 6.04 Å². The van der Waals surface area contributed by atoms with Gasteiger partial charge in [0.1, 0.15) is 18.2 Å². The van der Waals surface area contributed by atoms with Gasteiger partial charge in [0.25, 0.3) is 5.91 Å². The molecule has 2 aliphatic carbocycles. The summed E-state index contributed by atoms with van der Waals surface area (Å²) in [5.74, 6) is -1.04. The summed E-state index contributed by atoms with van der Waals surface area (Å²) < 4.78 is 5.23. The summed E-state index contributed by atoms with van der Waals surface area (Å²) in [6.07, 6.45) is 2.84. The number of hydrogen-bond acceptors (Lipinski definition) is 6. The van der Waals surface area contributed by atoms with Gasteiger partial charge in [-0.05, 0) is 63.9 Å². The lowest BCUT2D eigenvalue weighted by molar-refractivity contribution is -0.153. The molecule has 200 valence electrons. The number of urea groups is 1. The number of nitrogens with zero attached hydrogens (tertiary/aromatic N) is 2. The number of hydroxylamine groups is 2. The summed E-state index contributed by atoms with van der Waals surface area (Å²) >= 11 is 0. The highest BCUT2D eigenvalue weighted by molar-refractivity contribution is 5.91. The van der Waals surface area contributed by atoms with Gasteiger partial charge < -0.3 is 15.0 Å². The minimum atomic E-state index is -0.667. The predicted octanol–water partition coefficient (Wildman–Crippen LogP) is 2.23. The number of rotatable bonds is 6. The summed E-state index contributed by atoms with van der Waals surface area (Å²) in [5, 5.41) is 4.21. The second-order valence-corrected chi connectivity index (χ2v) is 11.6. The molecule has 2 heterocycles. The Morgan fingerprint density at radius 3 is 2.38 bits per heavy atom. The zero-order valence-electron chi connectivity index (χ0n) is 21.5. The molecular formula is C26H35N5O6. The van der Waals surface area contributed by atoms with Crippen molar-refractivity contribution in [2.45, 2.75) is 83.2 Å². The molecule has 2 atom stereocenters. The molecule has 2 saturated carbocycles. The summed E-state index contributed by atoms with van der Waals surface area (Å²) in [4.78, 5) is 58.1. The number of carbonyl (C=O) groups is 4. The van der Waals surface area contributed by atoms with Gasteiger partial charge in [-0.15, -0.1) is 0 Å². The smallest absolute Gasteiger partial charge is 0.407 e. The summed E-state index contributed by atoms with van der Waals surface area (Å²) in [7, 11) is 0. The van der Waals surface area contributed by atoms with Crippen LogP contribution in [-0.2, 0) is 25.8 Å². The Morgan fingerprint density at radius 2 is 1.73 bits per heavy atom. The highest BCUT2D eigenvalue weighted by Gasteiger charge is 2.64. The van der Waals surface area contributed by atoms with Crippen LogP contribution in [0.15, 0.2) is 30.3 Å². The lowest BCUT2D eigenvalue weighted by Crippen LogP contribution is -2.58. The lowest BCUT2D eigenvalue weighted by atomic mass is 9.80. The minimum Gasteiger partial charge on any atom is -0.444 e. The highest BCUT2D eigenvalue weighted by Crippen LogP contribution is 2.59. The molecule has 37 heavy (non-hydrogen) atoms. The molecule has 5 rings (SSSR count). The van der Waals surface area contributed by atoms with Crippen LogP contribution < -0.4 is 16.2 Å². The molecule has 0 aromatic heterocycles. The largest absolute Gasteiger partial charge is 0.444 e. The Balaban J connectivity index is 1.10. The van der Waals surface area contributed by atoms with E-state index in [9.17, 15) is 19.2 Å². The van der Waals surface area contributed by atoms with E-state index in [0.29, 0.717) is 25.8 Å². The molecule has 2 saturated heterocycles. The first-order valence-corrected chi connectivity index (χ1v) is 12.9. The van der Waals surface area contributed by atoms with Gasteiger partial charge in [0.2, 0.25) is 5.91 Å². The average Bonchev–Trinajstić information content (AvgIpc) is 3.53. The van der Waals surface area contributed by atoms with E-state index in [2.05, 4.69) is 16.2 Å². The monoisotopic (exact) mass is 513 g/mol. The number of benzene rings is 1. The standard InChI is InChI=1S/C26H35N5O6/c1-25(2,3)37-23(34)27-18-11-17(12-18)21(32)28-29-22(33)19-13-26(9-10-26)20-14-30(19)24(35)31(20)36-15-16-7-5-4-6-8-16/h4-8,17-20H,9-15H2,1-3H3,(H,27,34)(H,28,32)(H,29,33)/t17?,18?,19?,20-/m1/s1. The summed E-state index contributed by atoms with van der Waals surface area (Å²) in [5.41, 5.74) is 5.29. The van der Waals surface area contributed by atoms with Crippen molar-refractivity contribution in [3.05, 3.63) is 35.9 Å². The van der Waals surface area contributed by atoms with Crippen LogP contribution in [-0.4, -0.2) is 64.2 Å². The third-order valence-electron chi connectivity index (χ3n) is 7.72. The summed E-state index contributed by atoms with van der Waals surface area (Å²) in [6.45, 7) is 6.07. The van der Waals surface area contributed by atoms with Gasteiger partial charge >= 0.3 is 12.1 Å². The topological polar surface area (TPSA) is 129 Å². The zero-order valence-corrected chi connectivity index (χ0v) is 21.5. The number of alkyl carbamates (subject to hydrolysis) is 1. The van der Waals surface area contributed by atoms with E-state index in [0.717, 1.165) is 18.4 Å². The van der Waals surface area contributed by atoms with Crippen LogP contribution in [0.2, 0.25) is 0 Å². The number of amides is 5. The van der Waals surface area contributed by atoms with E-state index >= 15 is 0 Å². The van der Waals surface area contributed by atoms with Gasteiger partial charge in [-0.3, -0.25) is 25.3 Å². The van der Waals surface area contributed by atoms with Crippen molar-refractivity contribution in [2.24, 2.45) is 11.3 Å². The fourth-order valence-electron chi connectivity index (χ4n) is 5.46. The number of piperidine rings is 1. The van der Waals surface area contributed by atoms with E-state index in [1.54, 1.807) is 25.7 Å². The van der Waals surface area contributed by atoms with E-state index in [-0.39, 0.29) is 42.0 Å². The number of hydrogen-bond donors (Lipinski definition) is 3. The van der Waals surface area contributed by atoms with Gasteiger partial charge in [-0.1, -0.05) is 30.3 Å². The van der Waals surface area contributed by atoms with Gasteiger partial charge in [-0.2, -0.15) is 5.06 Å².